The molecule has 88 valence electrons. The third-order valence-electron chi connectivity index (χ3n) is 2.21. The number of hydrogen-bond acceptors (Lipinski definition) is 5. The van der Waals surface area contributed by atoms with Crippen LogP contribution in [0.3, 0.4) is 0 Å². The summed E-state index contributed by atoms with van der Waals surface area (Å²) in [5, 5.41) is 0. The number of ether oxygens (including phenoxy) is 1. The van der Waals surface area contributed by atoms with Crippen LogP contribution in [-0.2, 0) is 9.53 Å². The van der Waals surface area contributed by atoms with Crippen LogP contribution < -0.4 is 4.72 Å². The van der Waals surface area contributed by atoms with Crippen molar-refractivity contribution in [2.75, 3.05) is 19.6 Å². The summed E-state index contributed by atoms with van der Waals surface area (Å²) in [6.45, 7) is 7.63. The van der Waals surface area contributed by atoms with Gasteiger partial charge in [-0.15, -0.1) is 0 Å². The number of amides is 1. The van der Waals surface area contributed by atoms with Crippen LogP contribution in [-0.4, -0.2) is 42.1 Å². The van der Waals surface area contributed by atoms with E-state index < -0.39 is 0 Å². The van der Waals surface area contributed by atoms with Crippen LogP contribution in [0.25, 0.3) is 0 Å². The Morgan fingerprint density at radius 1 is 1.73 bits per heavy atom. The summed E-state index contributed by atoms with van der Waals surface area (Å²) < 4.78 is 8.56. The largest absolute Gasteiger partial charge is 0.369 e. The van der Waals surface area contributed by atoms with Crippen LogP contribution in [0.2, 0.25) is 0 Å². The fraction of sp³-hybridized carbons (Fsp3) is 0.889. The highest BCUT2D eigenvalue weighted by molar-refractivity contribution is 8.67. The van der Waals surface area contributed by atoms with E-state index in [1.165, 1.54) is 0 Å². The Labute approximate surface area is 100 Å². The Morgan fingerprint density at radius 3 is 2.93 bits per heavy atom. The number of rotatable bonds is 3. The van der Waals surface area contributed by atoms with Crippen LogP contribution in [0.4, 0.5) is 0 Å². The van der Waals surface area contributed by atoms with Crippen molar-refractivity contribution < 1.29 is 9.53 Å². The standard InChI is InChI=1S/C9H18N2O2S2/c1-7-5-11(6-9(2,3)13-7)8(12)4-10-15-14/h7,10,14H,4-6H2,1-3H3. The summed E-state index contributed by atoms with van der Waals surface area (Å²) in [5.41, 5.74) is -0.249. The molecule has 0 saturated carbocycles. The van der Waals surface area contributed by atoms with Gasteiger partial charge in [0, 0.05) is 13.1 Å². The normalized spacial score (nSPS) is 25.3. The number of thiol groups is 1. The quantitative estimate of drug-likeness (QED) is 0.447. The number of hydrogen-bond donors (Lipinski definition) is 2. The molecule has 1 aliphatic rings. The molecule has 0 aromatic rings. The van der Waals surface area contributed by atoms with Gasteiger partial charge in [0.05, 0.1) is 18.2 Å². The molecule has 15 heavy (non-hydrogen) atoms. The van der Waals surface area contributed by atoms with Gasteiger partial charge in [0.1, 0.15) is 0 Å². The highest BCUT2D eigenvalue weighted by Gasteiger charge is 2.33. The van der Waals surface area contributed by atoms with Gasteiger partial charge in [-0.25, -0.2) is 4.72 Å². The number of carbonyl (C=O) groups excluding carboxylic acids is 1. The first-order valence-corrected chi connectivity index (χ1v) is 6.80. The lowest BCUT2D eigenvalue weighted by Gasteiger charge is -2.41. The third kappa shape index (κ3) is 4.22. The minimum absolute atomic E-state index is 0.0970. The van der Waals surface area contributed by atoms with Crippen molar-refractivity contribution in [3.8, 4) is 0 Å². The maximum atomic E-state index is 11.8. The second kappa shape index (κ2) is 5.43. The van der Waals surface area contributed by atoms with Gasteiger partial charge >= 0.3 is 0 Å². The fourth-order valence-corrected chi connectivity index (χ4v) is 2.23. The van der Waals surface area contributed by atoms with Gasteiger partial charge < -0.3 is 9.64 Å². The van der Waals surface area contributed by atoms with E-state index in [9.17, 15) is 4.79 Å². The predicted molar refractivity (Wildman–Crippen MR) is 65.8 cm³/mol. The molecule has 1 heterocycles. The second-order valence-electron chi connectivity index (χ2n) is 4.37. The highest BCUT2D eigenvalue weighted by Crippen LogP contribution is 2.20. The molecule has 6 heteroatoms. The second-order valence-corrected chi connectivity index (χ2v) is 5.39. The number of morpholine rings is 1. The minimum atomic E-state index is -0.249. The molecule has 0 aromatic carbocycles. The molecule has 4 nitrogen and oxygen atoms in total. The van der Waals surface area contributed by atoms with Gasteiger partial charge in [-0.05, 0) is 31.8 Å². The first kappa shape index (κ1) is 13.2. The molecule has 1 saturated heterocycles. The lowest BCUT2D eigenvalue weighted by Crippen LogP contribution is -2.55. The van der Waals surface area contributed by atoms with Gasteiger partial charge in [0.2, 0.25) is 5.91 Å². The van der Waals surface area contributed by atoms with Gasteiger partial charge in [-0.2, -0.15) is 0 Å². The first-order valence-electron chi connectivity index (χ1n) is 4.93. The SMILES string of the molecule is CC1CN(C(=O)CNSS)CC(C)(C)O1. The van der Waals surface area contributed by atoms with Crippen molar-refractivity contribution in [2.45, 2.75) is 32.5 Å². The smallest absolute Gasteiger partial charge is 0.237 e. The van der Waals surface area contributed by atoms with Crippen LogP contribution in [0.5, 0.6) is 0 Å². The molecule has 1 aliphatic heterocycles. The summed E-state index contributed by atoms with van der Waals surface area (Å²) in [7, 11) is 1.16. The van der Waals surface area contributed by atoms with E-state index in [1.54, 1.807) is 0 Å². The van der Waals surface area contributed by atoms with Crippen LogP contribution in [0.15, 0.2) is 0 Å². The predicted octanol–water partition coefficient (Wildman–Crippen LogP) is 1.09. The molecule has 0 aliphatic carbocycles. The highest BCUT2D eigenvalue weighted by atomic mass is 33.1. The minimum Gasteiger partial charge on any atom is -0.369 e. The third-order valence-corrected chi connectivity index (χ3v) is 2.87. The van der Waals surface area contributed by atoms with Gasteiger partial charge in [-0.3, -0.25) is 4.79 Å². The van der Waals surface area contributed by atoms with E-state index in [2.05, 4.69) is 16.4 Å². The van der Waals surface area contributed by atoms with Crippen LogP contribution in [0, 0.1) is 0 Å². The van der Waals surface area contributed by atoms with E-state index in [0.717, 1.165) is 11.0 Å². The van der Waals surface area contributed by atoms with E-state index in [1.807, 2.05) is 25.7 Å². The number of nitrogens with zero attached hydrogens (tertiary/aromatic N) is 1. The van der Waals surface area contributed by atoms with E-state index in [0.29, 0.717) is 19.6 Å². The average molecular weight is 250 g/mol. The molecule has 1 amide bonds. The summed E-state index contributed by atoms with van der Waals surface area (Å²) in [4.78, 5) is 13.6. The zero-order chi connectivity index (χ0) is 11.5. The molecule has 1 atom stereocenters. The molecule has 0 radical (unpaired) electrons. The van der Waals surface area contributed by atoms with Crippen molar-refractivity contribution in [1.29, 1.82) is 0 Å². The summed E-state index contributed by atoms with van der Waals surface area (Å²) in [6, 6.07) is 0. The van der Waals surface area contributed by atoms with Crippen molar-refractivity contribution in [3.63, 3.8) is 0 Å². The zero-order valence-electron chi connectivity index (χ0n) is 9.32. The Hall–Kier alpha value is 0.0900. The van der Waals surface area contributed by atoms with Crippen LogP contribution >= 0.6 is 22.6 Å². The Morgan fingerprint density at radius 2 is 2.40 bits per heavy atom. The van der Waals surface area contributed by atoms with Crippen molar-refractivity contribution in [3.05, 3.63) is 0 Å². The molecule has 1 unspecified atom stereocenters. The zero-order valence-corrected chi connectivity index (χ0v) is 11.0. The average Bonchev–Trinajstić information content (AvgIpc) is 2.10. The van der Waals surface area contributed by atoms with Crippen molar-refractivity contribution in [2.24, 2.45) is 0 Å². The molecule has 0 bridgehead atoms. The Balaban J connectivity index is 2.50. The van der Waals surface area contributed by atoms with E-state index in [-0.39, 0.29) is 17.6 Å². The van der Waals surface area contributed by atoms with Gasteiger partial charge in [0.25, 0.3) is 0 Å². The monoisotopic (exact) mass is 250 g/mol. The molecule has 0 aromatic heterocycles. The maximum Gasteiger partial charge on any atom is 0.237 e. The van der Waals surface area contributed by atoms with Gasteiger partial charge in [-0.1, -0.05) is 11.7 Å². The van der Waals surface area contributed by atoms with Crippen LogP contribution in [0.1, 0.15) is 20.8 Å². The lowest BCUT2D eigenvalue weighted by atomic mass is 10.1. The fourth-order valence-electron chi connectivity index (χ4n) is 1.85. The number of carbonyl (C=O) groups is 1. The molecule has 1 fully saturated rings. The number of nitrogens with one attached hydrogen (secondary N) is 1. The molecular weight excluding hydrogens is 232 g/mol. The lowest BCUT2D eigenvalue weighted by molar-refractivity contribution is -0.157. The Kier molecular flexibility index (Phi) is 4.76. The molecule has 1 N–H and O–H groups in total. The summed E-state index contributed by atoms with van der Waals surface area (Å²) in [6.07, 6.45) is 0.0985. The van der Waals surface area contributed by atoms with E-state index in [4.69, 9.17) is 4.74 Å². The summed E-state index contributed by atoms with van der Waals surface area (Å²) in [5.74, 6) is 0.0970. The van der Waals surface area contributed by atoms with Gasteiger partial charge in [0.15, 0.2) is 0 Å². The Bertz CT molecular complexity index is 236. The molecular formula is C9H18N2O2S2. The summed E-state index contributed by atoms with van der Waals surface area (Å²) >= 11 is 3.92. The molecule has 0 spiro atoms. The van der Waals surface area contributed by atoms with Crippen molar-refractivity contribution in [1.82, 2.24) is 9.62 Å². The van der Waals surface area contributed by atoms with E-state index >= 15 is 0 Å². The van der Waals surface area contributed by atoms with Crippen molar-refractivity contribution >= 4 is 28.5 Å². The maximum absolute atomic E-state index is 11.8. The first-order chi connectivity index (χ1) is 6.94. The topological polar surface area (TPSA) is 41.6 Å². The molecule has 1 rings (SSSR count).